The van der Waals surface area contributed by atoms with Crippen molar-refractivity contribution in [1.82, 2.24) is 14.5 Å². The van der Waals surface area contributed by atoms with Crippen molar-refractivity contribution in [2.75, 3.05) is 31.1 Å². The predicted octanol–water partition coefficient (Wildman–Crippen LogP) is 4.95. The molecule has 1 aliphatic heterocycles. The second kappa shape index (κ2) is 10.1. The molecule has 1 aromatic heterocycles. The number of amides is 1. The first-order chi connectivity index (χ1) is 14.0. The standard InChI is InChI=1S/C24H38N4O/c1-5-14-26(15-6-2)23(29)20-12-16-27(17-13-20)24-25-21-9-7-8-10-22(21)28(24)18-11-19(3)4/h7-10,19-20H,5-6,11-18H2,1-4H3. The number of rotatable bonds is 9. The molecule has 0 saturated carbocycles. The first-order valence-electron chi connectivity index (χ1n) is 11.5. The van der Waals surface area contributed by atoms with Crippen molar-refractivity contribution in [3.63, 3.8) is 0 Å². The van der Waals surface area contributed by atoms with E-state index in [1.165, 1.54) is 5.52 Å². The van der Waals surface area contributed by atoms with E-state index in [9.17, 15) is 4.79 Å². The van der Waals surface area contributed by atoms with E-state index in [2.05, 4.69) is 66.3 Å². The summed E-state index contributed by atoms with van der Waals surface area (Å²) < 4.78 is 2.39. The third-order valence-electron chi connectivity index (χ3n) is 5.99. The smallest absolute Gasteiger partial charge is 0.225 e. The molecule has 2 aromatic rings. The number of anilines is 1. The lowest BCUT2D eigenvalue weighted by atomic mass is 9.95. The van der Waals surface area contributed by atoms with Gasteiger partial charge in [-0.3, -0.25) is 4.79 Å². The lowest BCUT2D eigenvalue weighted by molar-refractivity contribution is -0.136. The molecular formula is C24H38N4O. The Balaban J connectivity index is 1.72. The van der Waals surface area contributed by atoms with E-state index in [0.717, 1.165) is 76.3 Å². The molecule has 0 aliphatic carbocycles. The highest BCUT2D eigenvalue weighted by Crippen LogP contribution is 2.28. The zero-order valence-electron chi connectivity index (χ0n) is 18.7. The fraction of sp³-hybridized carbons (Fsp3) is 0.667. The lowest BCUT2D eigenvalue weighted by Crippen LogP contribution is -2.43. The van der Waals surface area contributed by atoms with Crippen LogP contribution in [0.4, 0.5) is 5.95 Å². The molecule has 3 rings (SSSR count). The van der Waals surface area contributed by atoms with Crippen molar-refractivity contribution in [1.29, 1.82) is 0 Å². The average molecular weight is 399 g/mol. The largest absolute Gasteiger partial charge is 0.342 e. The normalized spacial score (nSPS) is 15.4. The second-order valence-corrected chi connectivity index (χ2v) is 8.82. The molecule has 160 valence electrons. The van der Waals surface area contributed by atoms with Crippen molar-refractivity contribution < 1.29 is 4.79 Å². The quantitative estimate of drug-likeness (QED) is 0.600. The Bertz CT molecular complexity index is 783. The maximum Gasteiger partial charge on any atom is 0.225 e. The van der Waals surface area contributed by atoms with E-state index >= 15 is 0 Å². The number of benzene rings is 1. The highest BCUT2D eigenvalue weighted by Gasteiger charge is 2.30. The summed E-state index contributed by atoms with van der Waals surface area (Å²) in [4.78, 5) is 22.4. The van der Waals surface area contributed by atoms with Crippen LogP contribution in [0.5, 0.6) is 0 Å². The number of para-hydroxylation sites is 2. The summed E-state index contributed by atoms with van der Waals surface area (Å²) in [5.41, 5.74) is 2.29. The predicted molar refractivity (Wildman–Crippen MR) is 121 cm³/mol. The van der Waals surface area contributed by atoms with Gasteiger partial charge in [0.05, 0.1) is 11.0 Å². The fourth-order valence-corrected chi connectivity index (χ4v) is 4.37. The van der Waals surface area contributed by atoms with Crippen LogP contribution in [0.3, 0.4) is 0 Å². The van der Waals surface area contributed by atoms with Gasteiger partial charge < -0.3 is 14.4 Å². The molecule has 0 radical (unpaired) electrons. The van der Waals surface area contributed by atoms with Crippen LogP contribution < -0.4 is 4.90 Å². The summed E-state index contributed by atoms with van der Waals surface area (Å²) in [6.45, 7) is 13.4. The van der Waals surface area contributed by atoms with Gasteiger partial charge in [0.25, 0.3) is 0 Å². The van der Waals surface area contributed by atoms with Crippen LogP contribution in [0.1, 0.15) is 59.8 Å². The van der Waals surface area contributed by atoms with Crippen LogP contribution in [-0.4, -0.2) is 46.5 Å². The SMILES string of the molecule is CCCN(CCC)C(=O)C1CCN(c2nc3ccccc3n2CCC(C)C)CC1. The molecule has 1 aliphatic rings. The van der Waals surface area contributed by atoms with E-state index in [4.69, 9.17) is 4.98 Å². The molecule has 0 N–H and O–H groups in total. The number of piperidine rings is 1. The lowest BCUT2D eigenvalue weighted by Gasteiger charge is -2.35. The van der Waals surface area contributed by atoms with Gasteiger partial charge >= 0.3 is 0 Å². The Hall–Kier alpha value is -2.04. The van der Waals surface area contributed by atoms with E-state index in [1.54, 1.807) is 0 Å². The number of aromatic nitrogens is 2. The summed E-state index contributed by atoms with van der Waals surface area (Å²) in [5, 5.41) is 0. The van der Waals surface area contributed by atoms with Gasteiger partial charge in [-0.1, -0.05) is 39.8 Å². The molecule has 5 heteroatoms. The number of imidazole rings is 1. The van der Waals surface area contributed by atoms with Crippen LogP contribution in [0.2, 0.25) is 0 Å². The molecule has 0 bridgehead atoms. The zero-order chi connectivity index (χ0) is 20.8. The zero-order valence-corrected chi connectivity index (χ0v) is 18.7. The van der Waals surface area contributed by atoms with Gasteiger partial charge in [-0.15, -0.1) is 0 Å². The van der Waals surface area contributed by atoms with Gasteiger partial charge in [0.1, 0.15) is 0 Å². The van der Waals surface area contributed by atoms with E-state index < -0.39 is 0 Å². The number of hydrogen-bond acceptors (Lipinski definition) is 3. The van der Waals surface area contributed by atoms with Crippen LogP contribution in [-0.2, 0) is 11.3 Å². The molecule has 1 aromatic carbocycles. The topological polar surface area (TPSA) is 41.4 Å². The van der Waals surface area contributed by atoms with Crippen LogP contribution in [0.25, 0.3) is 11.0 Å². The van der Waals surface area contributed by atoms with Crippen LogP contribution >= 0.6 is 0 Å². The molecule has 5 nitrogen and oxygen atoms in total. The number of carbonyl (C=O) groups is 1. The minimum Gasteiger partial charge on any atom is -0.342 e. The summed E-state index contributed by atoms with van der Waals surface area (Å²) in [6.07, 6.45) is 5.06. The van der Waals surface area contributed by atoms with E-state index in [-0.39, 0.29) is 5.92 Å². The maximum absolute atomic E-state index is 13.0. The number of fused-ring (bicyclic) bond motifs is 1. The highest BCUT2D eigenvalue weighted by molar-refractivity contribution is 5.80. The highest BCUT2D eigenvalue weighted by atomic mass is 16.2. The minimum atomic E-state index is 0.165. The monoisotopic (exact) mass is 398 g/mol. The number of hydrogen-bond donors (Lipinski definition) is 0. The molecule has 1 fully saturated rings. The summed E-state index contributed by atoms with van der Waals surface area (Å²) >= 11 is 0. The Kier molecular flexibility index (Phi) is 7.57. The second-order valence-electron chi connectivity index (χ2n) is 8.82. The van der Waals surface area contributed by atoms with Crippen molar-refractivity contribution in [3.8, 4) is 0 Å². The molecule has 0 atom stereocenters. The van der Waals surface area contributed by atoms with Gasteiger partial charge in [0, 0.05) is 38.6 Å². The maximum atomic E-state index is 13.0. The number of carbonyl (C=O) groups excluding carboxylic acids is 1. The Morgan fingerprint density at radius 3 is 2.41 bits per heavy atom. The van der Waals surface area contributed by atoms with Crippen LogP contribution in [0, 0.1) is 11.8 Å². The molecule has 1 saturated heterocycles. The number of nitrogens with zero attached hydrogens (tertiary/aromatic N) is 4. The minimum absolute atomic E-state index is 0.165. The van der Waals surface area contributed by atoms with Gasteiger partial charge in [0.15, 0.2) is 0 Å². The first-order valence-corrected chi connectivity index (χ1v) is 11.5. The third-order valence-corrected chi connectivity index (χ3v) is 5.99. The Labute approximate surface area is 176 Å². The average Bonchev–Trinajstić information content (AvgIpc) is 3.10. The van der Waals surface area contributed by atoms with Gasteiger partial charge in [0.2, 0.25) is 11.9 Å². The molecular weight excluding hydrogens is 360 g/mol. The van der Waals surface area contributed by atoms with Gasteiger partial charge in [-0.05, 0) is 50.2 Å². The van der Waals surface area contributed by atoms with Crippen molar-refractivity contribution in [2.45, 2.75) is 66.3 Å². The van der Waals surface area contributed by atoms with Crippen molar-refractivity contribution >= 4 is 22.9 Å². The van der Waals surface area contributed by atoms with Gasteiger partial charge in [-0.25, -0.2) is 4.98 Å². The Morgan fingerprint density at radius 1 is 1.14 bits per heavy atom. The molecule has 1 amide bonds. The summed E-state index contributed by atoms with van der Waals surface area (Å²) in [5.74, 6) is 2.27. The molecule has 29 heavy (non-hydrogen) atoms. The fourth-order valence-electron chi connectivity index (χ4n) is 4.37. The van der Waals surface area contributed by atoms with Crippen molar-refractivity contribution in [3.05, 3.63) is 24.3 Å². The van der Waals surface area contributed by atoms with Crippen LogP contribution in [0.15, 0.2) is 24.3 Å². The van der Waals surface area contributed by atoms with Crippen molar-refractivity contribution in [2.24, 2.45) is 11.8 Å². The molecule has 0 spiro atoms. The molecule has 2 heterocycles. The Morgan fingerprint density at radius 2 is 1.79 bits per heavy atom. The molecule has 0 unspecified atom stereocenters. The van der Waals surface area contributed by atoms with E-state index in [1.807, 2.05) is 0 Å². The van der Waals surface area contributed by atoms with Gasteiger partial charge in [-0.2, -0.15) is 0 Å². The summed E-state index contributed by atoms with van der Waals surface area (Å²) in [7, 11) is 0. The van der Waals surface area contributed by atoms with E-state index in [0.29, 0.717) is 11.8 Å². The summed E-state index contributed by atoms with van der Waals surface area (Å²) in [6, 6.07) is 8.44. The third kappa shape index (κ3) is 5.12. The number of aryl methyl sites for hydroxylation is 1. The first kappa shape index (κ1) is 21.7.